The monoisotopic (exact) mass is 290 g/mol. The largest absolute Gasteiger partial charge is 0.480 e. The van der Waals surface area contributed by atoms with Crippen LogP contribution in [0.4, 0.5) is 0 Å². The van der Waals surface area contributed by atoms with Gasteiger partial charge in [-0.3, -0.25) is 9.59 Å². The van der Waals surface area contributed by atoms with Crippen molar-refractivity contribution < 1.29 is 27.5 Å². The lowest BCUT2D eigenvalue weighted by atomic mass is 10.2. The molecule has 0 bridgehead atoms. The molecule has 0 aliphatic carbocycles. The van der Waals surface area contributed by atoms with Gasteiger partial charge in [-0.1, -0.05) is 0 Å². The maximum absolute atomic E-state index is 11.8. The van der Waals surface area contributed by atoms with E-state index in [0.717, 1.165) is 6.07 Å². The van der Waals surface area contributed by atoms with Crippen LogP contribution < -0.4 is 10.0 Å². The molecule has 1 heterocycles. The van der Waals surface area contributed by atoms with Gasteiger partial charge in [0.2, 0.25) is 5.09 Å². The Labute approximate surface area is 109 Å². The number of carboxylic acids is 1. The normalized spacial score (nSPS) is 13.0. The topological polar surface area (TPSA) is 126 Å². The fraction of sp³-hybridized carbons (Fsp3) is 0.400. The first-order valence-electron chi connectivity index (χ1n) is 5.26. The molecule has 9 heteroatoms. The average molecular weight is 290 g/mol. The molecular formula is C10H14N2O6S. The van der Waals surface area contributed by atoms with Gasteiger partial charge in [-0.05, 0) is 20.9 Å². The number of rotatable bonds is 5. The average Bonchev–Trinajstić information content (AvgIpc) is 2.71. The smallest absolute Gasteiger partial charge is 0.325 e. The molecule has 1 aromatic rings. The van der Waals surface area contributed by atoms with Gasteiger partial charge in [-0.2, -0.15) is 0 Å². The Bertz CT molecular complexity index is 604. The zero-order valence-corrected chi connectivity index (χ0v) is 11.4. The van der Waals surface area contributed by atoms with Gasteiger partial charge in [-0.15, -0.1) is 0 Å². The second kappa shape index (κ2) is 5.41. The van der Waals surface area contributed by atoms with E-state index in [1.807, 2.05) is 4.72 Å². The van der Waals surface area contributed by atoms with Crippen molar-refractivity contribution in [3.63, 3.8) is 0 Å². The Morgan fingerprint density at radius 3 is 2.47 bits per heavy atom. The number of carbonyl (C=O) groups is 2. The minimum Gasteiger partial charge on any atom is -0.480 e. The highest BCUT2D eigenvalue weighted by atomic mass is 32.2. The van der Waals surface area contributed by atoms with Gasteiger partial charge >= 0.3 is 5.97 Å². The second-order valence-electron chi connectivity index (χ2n) is 3.78. The number of aliphatic carboxylic acids is 1. The van der Waals surface area contributed by atoms with Crippen molar-refractivity contribution in [2.45, 2.75) is 25.0 Å². The summed E-state index contributed by atoms with van der Waals surface area (Å²) in [6, 6.07) is -0.0448. The van der Waals surface area contributed by atoms with Gasteiger partial charge < -0.3 is 14.8 Å². The highest BCUT2D eigenvalue weighted by molar-refractivity contribution is 7.89. The van der Waals surface area contributed by atoms with Gasteiger partial charge in [0.15, 0.2) is 0 Å². The van der Waals surface area contributed by atoms with E-state index in [9.17, 15) is 18.0 Å². The Morgan fingerprint density at radius 2 is 2.00 bits per heavy atom. The van der Waals surface area contributed by atoms with Crippen LogP contribution in [0.25, 0.3) is 0 Å². The fourth-order valence-corrected chi connectivity index (χ4v) is 1.96. The predicted molar refractivity (Wildman–Crippen MR) is 64.3 cm³/mol. The number of carboxylic acid groups (broad SMARTS) is 1. The number of sulfonamides is 1. The summed E-state index contributed by atoms with van der Waals surface area (Å²) in [6.45, 7) is 2.70. The Morgan fingerprint density at radius 1 is 1.42 bits per heavy atom. The van der Waals surface area contributed by atoms with Crippen LogP contribution in [-0.2, 0) is 14.8 Å². The molecular weight excluding hydrogens is 276 g/mol. The van der Waals surface area contributed by atoms with E-state index >= 15 is 0 Å². The summed E-state index contributed by atoms with van der Waals surface area (Å²) in [5.74, 6) is -1.82. The fourth-order valence-electron chi connectivity index (χ4n) is 1.25. The molecule has 0 saturated carbocycles. The van der Waals surface area contributed by atoms with Crippen LogP contribution in [0.5, 0.6) is 0 Å². The molecule has 106 valence electrons. The van der Waals surface area contributed by atoms with E-state index in [1.165, 1.54) is 20.9 Å². The van der Waals surface area contributed by atoms with Crippen molar-refractivity contribution in [2.24, 2.45) is 0 Å². The molecule has 0 radical (unpaired) electrons. The summed E-state index contributed by atoms with van der Waals surface area (Å²) < 4.78 is 30.0. The van der Waals surface area contributed by atoms with Crippen LogP contribution in [0, 0.1) is 6.92 Å². The molecule has 0 aromatic carbocycles. The zero-order chi connectivity index (χ0) is 14.8. The highest BCUT2D eigenvalue weighted by Gasteiger charge is 2.24. The van der Waals surface area contributed by atoms with Gasteiger partial charge in [0.1, 0.15) is 11.8 Å². The third-order valence-electron chi connectivity index (χ3n) is 2.39. The molecule has 1 amide bonds. The number of hydrogen-bond donors (Lipinski definition) is 3. The van der Waals surface area contributed by atoms with E-state index in [-0.39, 0.29) is 11.3 Å². The van der Waals surface area contributed by atoms with Crippen LogP contribution in [0.1, 0.15) is 23.0 Å². The Hall–Kier alpha value is -1.87. The highest BCUT2D eigenvalue weighted by Crippen LogP contribution is 2.18. The first-order chi connectivity index (χ1) is 8.69. The molecule has 0 saturated heterocycles. The molecule has 1 rings (SSSR count). The number of nitrogens with one attached hydrogen (secondary N) is 2. The van der Waals surface area contributed by atoms with Crippen molar-refractivity contribution in [3.8, 4) is 0 Å². The summed E-state index contributed by atoms with van der Waals surface area (Å²) >= 11 is 0. The van der Waals surface area contributed by atoms with E-state index in [2.05, 4.69) is 5.32 Å². The molecule has 0 aliphatic rings. The molecule has 1 aromatic heterocycles. The molecule has 0 aliphatic heterocycles. The lowest BCUT2D eigenvalue weighted by Crippen LogP contribution is -2.38. The van der Waals surface area contributed by atoms with Gasteiger partial charge in [-0.25, -0.2) is 13.1 Å². The minimum absolute atomic E-state index is 0.0260. The Balaban J connectivity index is 3.03. The number of furan rings is 1. The number of aryl methyl sites for hydroxylation is 1. The molecule has 0 spiro atoms. The number of carbonyl (C=O) groups excluding carboxylic acids is 1. The Kier molecular flexibility index (Phi) is 4.32. The number of amides is 1. The second-order valence-corrected chi connectivity index (χ2v) is 5.59. The van der Waals surface area contributed by atoms with Crippen molar-refractivity contribution in [1.29, 1.82) is 0 Å². The van der Waals surface area contributed by atoms with Crippen LogP contribution >= 0.6 is 0 Å². The van der Waals surface area contributed by atoms with Crippen LogP contribution in [-0.4, -0.2) is 38.5 Å². The maximum atomic E-state index is 11.8. The summed E-state index contributed by atoms with van der Waals surface area (Å²) in [4.78, 5) is 22.4. The zero-order valence-electron chi connectivity index (χ0n) is 10.6. The molecule has 3 N–H and O–H groups in total. The van der Waals surface area contributed by atoms with Crippen LogP contribution in [0.15, 0.2) is 15.6 Å². The first kappa shape index (κ1) is 15.2. The summed E-state index contributed by atoms with van der Waals surface area (Å²) in [7, 11) is -2.58. The molecule has 19 heavy (non-hydrogen) atoms. The van der Waals surface area contributed by atoms with Gasteiger partial charge in [0, 0.05) is 6.07 Å². The lowest BCUT2D eigenvalue weighted by molar-refractivity contribution is -0.138. The number of hydrogen-bond acceptors (Lipinski definition) is 5. The van der Waals surface area contributed by atoms with Crippen LogP contribution in [0.3, 0.4) is 0 Å². The summed E-state index contributed by atoms with van der Waals surface area (Å²) in [5, 5.41) is 10.5. The van der Waals surface area contributed by atoms with Crippen molar-refractivity contribution in [2.75, 3.05) is 7.05 Å². The molecule has 8 nitrogen and oxygen atoms in total. The molecule has 0 fully saturated rings. The predicted octanol–water partition coefficient (Wildman–Crippen LogP) is -0.301. The van der Waals surface area contributed by atoms with Crippen molar-refractivity contribution in [3.05, 3.63) is 17.4 Å². The standard InChI is InChI=1S/C10H14N2O6S/c1-5(10(14)15)12-9(13)7-4-8(18-6(7)2)19(16,17)11-3/h4-5,11H,1-3H3,(H,12,13)(H,14,15)/t5-/m1/s1. The van der Waals surface area contributed by atoms with E-state index < -0.39 is 33.0 Å². The van der Waals surface area contributed by atoms with E-state index in [4.69, 9.17) is 9.52 Å². The van der Waals surface area contributed by atoms with Crippen LogP contribution in [0.2, 0.25) is 0 Å². The molecule has 1 atom stereocenters. The maximum Gasteiger partial charge on any atom is 0.325 e. The molecule has 0 unspecified atom stereocenters. The lowest BCUT2D eigenvalue weighted by Gasteiger charge is -2.07. The SMILES string of the molecule is CNS(=O)(=O)c1cc(C(=O)N[C@H](C)C(=O)O)c(C)o1. The summed E-state index contributed by atoms with van der Waals surface area (Å²) in [6.07, 6.45) is 0. The van der Waals surface area contributed by atoms with Gasteiger partial charge in [0.25, 0.3) is 15.9 Å². The van der Waals surface area contributed by atoms with Crippen molar-refractivity contribution in [1.82, 2.24) is 10.0 Å². The third kappa shape index (κ3) is 3.32. The quantitative estimate of drug-likeness (QED) is 0.683. The van der Waals surface area contributed by atoms with Gasteiger partial charge in [0.05, 0.1) is 5.56 Å². The summed E-state index contributed by atoms with van der Waals surface area (Å²) in [5.41, 5.74) is -0.0260. The van der Waals surface area contributed by atoms with E-state index in [1.54, 1.807) is 0 Å². The van der Waals surface area contributed by atoms with Crippen molar-refractivity contribution >= 4 is 21.9 Å². The first-order valence-corrected chi connectivity index (χ1v) is 6.75. The van der Waals surface area contributed by atoms with E-state index in [0.29, 0.717) is 0 Å². The minimum atomic E-state index is -3.79. The third-order valence-corrected chi connectivity index (χ3v) is 3.66.